The summed E-state index contributed by atoms with van der Waals surface area (Å²) < 4.78 is 10.4. The van der Waals surface area contributed by atoms with Gasteiger partial charge in [-0.25, -0.2) is 4.98 Å². The van der Waals surface area contributed by atoms with E-state index in [0.29, 0.717) is 12.5 Å². The van der Waals surface area contributed by atoms with E-state index in [1.165, 1.54) is 6.20 Å². The Morgan fingerprint density at radius 2 is 2.73 bits per heavy atom. The van der Waals surface area contributed by atoms with Crippen LogP contribution in [0.25, 0.3) is 0 Å². The summed E-state index contributed by atoms with van der Waals surface area (Å²) in [6.45, 7) is 2.39. The molecule has 2 rings (SSSR count). The van der Waals surface area contributed by atoms with Crippen LogP contribution in [0.1, 0.15) is 12.0 Å². The Morgan fingerprint density at radius 1 is 1.73 bits per heavy atom. The Labute approximate surface area is 64.6 Å². The Kier molecular flexibility index (Phi) is 1.87. The van der Waals surface area contributed by atoms with Crippen LogP contribution in [-0.4, -0.2) is 24.7 Å². The molecule has 4 heteroatoms. The molecule has 0 bridgehead atoms. The topological polar surface area (TPSA) is 47.3 Å². The van der Waals surface area contributed by atoms with Gasteiger partial charge in [0.25, 0.3) is 0 Å². The Balaban J connectivity index is 2.04. The number of oxazole rings is 1. The minimum absolute atomic E-state index is 0.0324. The van der Waals surface area contributed by atoms with Crippen molar-refractivity contribution >= 4 is 0 Å². The van der Waals surface area contributed by atoms with Crippen molar-refractivity contribution in [1.82, 2.24) is 10.3 Å². The predicted octanol–water partition coefficient (Wildman–Crippen LogP) is 0.136. The SMILES string of the molecule is [c]1cnc(C2CNCCO2)o1. The van der Waals surface area contributed by atoms with Crippen LogP contribution in [0.3, 0.4) is 0 Å². The zero-order valence-corrected chi connectivity index (χ0v) is 6.04. The fourth-order valence-corrected chi connectivity index (χ4v) is 1.08. The van der Waals surface area contributed by atoms with E-state index >= 15 is 0 Å². The van der Waals surface area contributed by atoms with E-state index in [1.54, 1.807) is 0 Å². The third-order valence-corrected chi connectivity index (χ3v) is 1.61. The van der Waals surface area contributed by atoms with Crippen molar-refractivity contribution in [3.63, 3.8) is 0 Å². The summed E-state index contributed by atoms with van der Waals surface area (Å²) in [4.78, 5) is 3.95. The number of ether oxygens (including phenoxy) is 1. The monoisotopic (exact) mass is 153 g/mol. The van der Waals surface area contributed by atoms with Crippen molar-refractivity contribution in [2.75, 3.05) is 19.7 Å². The molecule has 0 spiro atoms. The third-order valence-electron chi connectivity index (χ3n) is 1.61. The van der Waals surface area contributed by atoms with Crippen molar-refractivity contribution in [3.05, 3.63) is 18.4 Å². The van der Waals surface area contributed by atoms with E-state index in [4.69, 9.17) is 9.15 Å². The maximum atomic E-state index is 5.38. The highest BCUT2D eigenvalue weighted by Crippen LogP contribution is 2.15. The molecule has 0 amide bonds. The van der Waals surface area contributed by atoms with E-state index in [2.05, 4.69) is 16.6 Å². The van der Waals surface area contributed by atoms with Gasteiger partial charge >= 0.3 is 0 Å². The molecule has 1 aliphatic rings. The number of rotatable bonds is 1. The normalized spacial score (nSPS) is 25.3. The van der Waals surface area contributed by atoms with Gasteiger partial charge < -0.3 is 14.5 Å². The molecule has 1 aromatic rings. The van der Waals surface area contributed by atoms with Crippen LogP contribution in [0.2, 0.25) is 0 Å². The second-order valence-corrected chi connectivity index (χ2v) is 2.38. The molecule has 4 nitrogen and oxygen atoms in total. The molecular formula is C7H9N2O2. The zero-order chi connectivity index (χ0) is 7.52. The summed E-state index contributed by atoms with van der Waals surface area (Å²) in [5, 5.41) is 3.18. The lowest BCUT2D eigenvalue weighted by Crippen LogP contribution is -2.33. The Bertz CT molecular complexity index is 204. The number of aromatic nitrogens is 1. The maximum Gasteiger partial charge on any atom is 0.225 e. The highest BCUT2D eigenvalue weighted by Gasteiger charge is 2.18. The van der Waals surface area contributed by atoms with E-state index in [0.717, 1.165) is 13.1 Å². The summed E-state index contributed by atoms with van der Waals surface area (Å²) in [5.74, 6) is 0.609. The summed E-state index contributed by atoms with van der Waals surface area (Å²) in [6, 6.07) is 0. The van der Waals surface area contributed by atoms with Crippen LogP contribution in [-0.2, 0) is 4.74 Å². The molecule has 0 aromatic carbocycles. The summed E-state index contributed by atoms with van der Waals surface area (Å²) >= 11 is 0. The second-order valence-electron chi connectivity index (χ2n) is 2.38. The van der Waals surface area contributed by atoms with Crippen LogP contribution in [0.15, 0.2) is 10.6 Å². The van der Waals surface area contributed by atoms with Crippen LogP contribution in [0.4, 0.5) is 0 Å². The number of morpholine rings is 1. The van der Waals surface area contributed by atoms with Gasteiger partial charge in [0.1, 0.15) is 6.10 Å². The van der Waals surface area contributed by atoms with Gasteiger partial charge in [-0.2, -0.15) is 0 Å². The average Bonchev–Trinajstić information content (AvgIpc) is 2.58. The van der Waals surface area contributed by atoms with E-state index in [-0.39, 0.29) is 6.10 Å². The largest absolute Gasteiger partial charge is 0.434 e. The molecule has 1 unspecified atom stereocenters. The molecule has 1 aliphatic heterocycles. The van der Waals surface area contributed by atoms with Gasteiger partial charge in [-0.15, -0.1) is 0 Å². The van der Waals surface area contributed by atoms with Gasteiger partial charge in [-0.1, -0.05) is 0 Å². The molecule has 59 valence electrons. The molecule has 0 aliphatic carbocycles. The first-order valence-electron chi connectivity index (χ1n) is 3.61. The maximum absolute atomic E-state index is 5.38. The van der Waals surface area contributed by atoms with E-state index < -0.39 is 0 Å². The fourth-order valence-electron chi connectivity index (χ4n) is 1.08. The minimum Gasteiger partial charge on any atom is -0.434 e. The van der Waals surface area contributed by atoms with Gasteiger partial charge in [-0.05, 0) is 0 Å². The van der Waals surface area contributed by atoms with Crippen LogP contribution >= 0.6 is 0 Å². The van der Waals surface area contributed by atoms with Gasteiger partial charge in [-0.3, -0.25) is 0 Å². The fraction of sp³-hybridized carbons (Fsp3) is 0.571. The Hall–Kier alpha value is -0.870. The van der Waals surface area contributed by atoms with Crippen LogP contribution in [0.5, 0.6) is 0 Å². The van der Waals surface area contributed by atoms with Gasteiger partial charge in [0.2, 0.25) is 5.89 Å². The highest BCUT2D eigenvalue weighted by atomic mass is 16.5. The van der Waals surface area contributed by atoms with Crippen molar-refractivity contribution in [1.29, 1.82) is 0 Å². The second kappa shape index (κ2) is 3.02. The smallest absolute Gasteiger partial charge is 0.225 e. The quantitative estimate of drug-likeness (QED) is 0.623. The summed E-state index contributed by atoms with van der Waals surface area (Å²) in [5.41, 5.74) is 0. The molecule has 2 heterocycles. The number of nitrogens with one attached hydrogen (secondary N) is 1. The molecule has 1 saturated heterocycles. The van der Waals surface area contributed by atoms with Crippen molar-refractivity contribution in [3.8, 4) is 0 Å². The minimum atomic E-state index is -0.0324. The highest BCUT2D eigenvalue weighted by molar-refractivity contribution is 4.88. The molecule has 0 saturated carbocycles. The lowest BCUT2D eigenvalue weighted by molar-refractivity contribution is 0.0107. The first-order chi connectivity index (χ1) is 5.47. The molecule has 11 heavy (non-hydrogen) atoms. The lowest BCUT2D eigenvalue weighted by Gasteiger charge is -2.20. The van der Waals surface area contributed by atoms with Crippen molar-refractivity contribution < 1.29 is 9.15 Å². The van der Waals surface area contributed by atoms with Gasteiger partial charge in [0.05, 0.1) is 12.8 Å². The molecular weight excluding hydrogens is 144 g/mol. The Morgan fingerprint density at radius 3 is 3.36 bits per heavy atom. The lowest BCUT2D eigenvalue weighted by atomic mass is 10.3. The summed E-state index contributed by atoms with van der Waals surface area (Å²) in [7, 11) is 0. The molecule has 1 N–H and O–H groups in total. The molecule has 1 fully saturated rings. The molecule has 1 aromatic heterocycles. The van der Waals surface area contributed by atoms with Gasteiger partial charge in [0.15, 0.2) is 6.26 Å². The first kappa shape index (κ1) is 6.82. The van der Waals surface area contributed by atoms with Gasteiger partial charge in [0, 0.05) is 13.1 Å². The average molecular weight is 153 g/mol. The molecule has 1 atom stereocenters. The predicted molar refractivity (Wildman–Crippen MR) is 36.9 cm³/mol. The molecule has 1 radical (unpaired) electrons. The number of hydrogen-bond donors (Lipinski definition) is 1. The van der Waals surface area contributed by atoms with Crippen LogP contribution < -0.4 is 5.32 Å². The standard InChI is InChI=1S/C7H9N2O2/c1-3-10-6(5-8-1)7-9-2-4-11-7/h2,6,8H,1,3,5H2. The van der Waals surface area contributed by atoms with E-state index in [1.807, 2.05) is 0 Å². The number of hydrogen-bond acceptors (Lipinski definition) is 4. The third kappa shape index (κ3) is 1.41. The van der Waals surface area contributed by atoms with Crippen molar-refractivity contribution in [2.24, 2.45) is 0 Å². The summed E-state index contributed by atoms with van der Waals surface area (Å²) in [6.07, 6.45) is 4.01. The van der Waals surface area contributed by atoms with Crippen LogP contribution in [0, 0.1) is 6.26 Å². The number of nitrogens with zero attached hydrogens (tertiary/aromatic N) is 1. The van der Waals surface area contributed by atoms with E-state index in [9.17, 15) is 0 Å². The first-order valence-corrected chi connectivity index (χ1v) is 3.61. The zero-order valence-electron chi connectivity index (χ0n) is 6.04. The van der Waals surface area contributed by atoms with Crippen molar-refractivity contribution in [2.45, 2.75) is 6.10 Å².